The van der Waals surface area contributed by atoms with Crippen molar-refractivity contribution in [3.8, 4) is 0 Å². The first-order valence-corrected chi connectivity index (χ1v) is 0. The normalized spacial score (nSPS) is 0. The molecule has 0 aromatic heterocycles. The van der Waals surface area contributed by atoms with Gasteiger partial charge in [-0.3, -0.25) is 0 Å². The Morgan fingerprint density at radius 3 is 0.111 bits per heavy atom. The predicted octanol–water partition coefficient (Wildman–Crippen LogP) is -0.829. The smallest absolute Gasteiger partial charge is 3.00 e. The van der Waals surface area contributed by atoms with Crippen LogP contribution in [-0.2, 0) is 0 Å². The van der Waals surface area contributed by atoms with Gasteiger partial charge in [-0.1, -0.05) is 0 Å². The molecular weight excluding hydrogens is 369 g/mol. The molecule has 0 aromatic rings. The second-order valence-electron chi connectivity index (χ2n) is 0. The van der Waals surface area contributed by atoms with Crippen molar-refractivity contribution in [1.82, 2.24) is 0 Å². The van der Waals surface area contributed by atoms with Crippen LogP contribution in [0.25, 0.3) is 55.4 Å². The first kappa shape index (κ1) is 525. The number of rotatable bonds is 0. The number of hydrogen-bond donors (Lipinski definition) is 0. The fourth-order valence-electron chi connectivity index (χ4n) is 0. The van der Waals surface area contributed by atoms with Gasteiger partial charge in [-0.05, 0) is 0 Å². The predicted molar refractivity (Wildman–Crippen MR) is 82.0 cm³/mol. The summed E-state index contributed by atoms with van der Waals surface area (Å²) in [5, 5.41) is 0. The standard InChI is InChI=1S/9Al.9N/q9*+3;9*-3. The molecule has 0 aromatic carbocycles. The molecule has 0 atom stereocenters. The molecular formula is Al9N9. The van der Waals surface area contributed by atoms with Crippen molar-refractivity contribution in [1.29, 1.82) is 0 Å². The zero-order valence-electron chi connectivity index (χ0n) is 9.22. The molecule has 0 radical (unpaired) electrons. The van der Waals surface area contributed by atoms with Crippen LogP contribution in [0.3, 0.4) is 0 Å². The summed E-state index contributed by atoms with van der Waals surface area (Å²) in [7, 11) is 0. The van der Waals surface area contributed by atoms with E-state index in [1.54, 1.807) is 0 Å². The van der Waals surface area contributed by atoms with E-state index in [4.69, 9.17) is 0 Å². The largest absolute Gasteiger partial charge is 3.00 e. The van der Waals surface area contributed by atoms with E-state index in [0.29, 0.717) is 0 Å². The van der Waals surface area contributed by atoms with Gasteiger partial charge in [0.1, 0.15) is 0 Å². The SMILES string of the molecule is [Al+3].[Al+3].[Al+3].[Al+3].[Al+3].[Al+3].[Al+3].[Al+3].[Al+3].[N-3].[N-3].[N-3].[N-3].[N-3].[N-3].[N-3].[N-3].[N-3]. The molecule has 0 amide bonds. The molecule has 72 valence electrons. The average molecular weight is 369 g/mol. The molecule has 0 aliphatic carbocycles. The van der Waals surface area contributed by atoms with E-state index in [1.807, 2.05) is 0 Å². The van der Waals surface area contributed by atoms with Gasteiger partial charge in [0.15, 0.2) is 0 Å². The monoisotopic (exact) mass is 369 g/mol. The van der Waals surface area contributed by atoms with Crippen LogP contribution in [0.1, 0.15) is 0 Å². The third-order valence-corrected chi connectivity index (χ3v) is 0. The quantitative estimate of drug-likeness (QED) is 0.473. The molecule has 0 rings (SSSR count). The van der Waals surface area contributed by atoms with Crippen LogP contribution in [-0.4, -0.2) is 156 Å². The summed E-state index contributed by atoms with van der Waals surface area (Å²) >= 11 is 0. The van der Waals surface area contributed by atoms with Crippen LogP contribution in [0.5, 0.6) is 0 Å². The van der Waals surface area contributed by atoms with Crippen LogP contribution in [0.2, 0.25) is 0 Å². The Balaban J connectivity index is 0. The van der Waals surface area contributed by atoms with Gasteiger partial charge < -0.3 is 55.4 Å². The molecule has 9 nitrogen and oxygen atoms in total. The minimum Gasteiger partial charge on any atom is -3.00 e. The molecule has 0 aliphatic heterocycles. The molecule has 0 bridgehead atoms. The second-order valence-corrected chi connectivity index (χ2v) is 0. The van der Waals surface area contributed by atoms with Gasteiger partial charge in [-0.15, -0.1) is 0 Å². The van der Waals surface area contributed by atoms with Crippen LogP contribution in [0.15, 0.2) is 0 Å². The average Bonchev–Trinajstić information content (AvgIpc) is 0. The first-order valence-electron chi connectivity index (χ1n) is 0. The maximum atomic E-state index is 0. The van der Waals surface area contributed by atoms with Crippen molar-refractivity contribution in [2.75, 3.05) is 0 Å². The van der Waals surface area contributed by atoms with E-state index in [9.17, 15) is 0 Å². The van der Waals surface area contributed by atoms with E-state index in [1.165, 1.54) is 0 Å². The summed E-state index contributed by atoms with van der Waals surface area (Å²) in [4.78, 5) is 0. The summed E-state index contributed by atoms with van der Waals surface area (Å²) in [5.41, 5.74) is 0. The number of hydrogen-bond acceptors (Lipinski definition) is 0. The fourth-order valence-corrected chi connectivity index (χ4v) is 0. The van der Waals surface area contributed by atoms with Crippen molar-refractivity contribution in [3.63, 3.8) is 0 Å². The van der Waals surface area contributed by atoms with E-state index in [0.717, 1.165) is 0 Å². The van der Waals surface area contributed by atoms with Gasteiger partial charge in [0.05, 0.1) is 0 Å². The van der Waals surface area contributed by atoms with Crippen LogP contribution in [0, 0.1) is 0 Å². The first-order chi connectivity index (χ1) is 0. The fraction of sp³-hybridized carbons (Fsp3) is 0. The van der Waals surface area contributed by atoms with Gasteiger partial charge in [-0.2, -0.15) is 0 Å². The zero-order chi connectivity index (χ0) is 0. The summed E-state index contributed by atoms with van der Waals surface area (Å²) in [5.74, 6) is 0. The van der Waals surface area contributed by atoms with Gasteiger partial charge in [0.2, 0.25) is 0 Å². The Hall–Kier alpha value is 4.43. The van der Waals surface area contributed by atoms with Crippen LogP contribution in [0.4, 0.5) is 0 Å². The Bertz CT molecular complexity index is 18.0. The van der Waals surface area contributed by atoms with E-state index >= 15 is 0 Å². The van der Waals surface area contributed by atoms with Crippen molar-refractivity contribution in [3.05, 3.63) is 55.4 Å². The summed E-state index contributed by atoms with van der Waals surface area (Å²) in [6.45, 7) is 0. The molecule has 0 saturated carbocycles. The van der Waals surface area contributed by atoms with Gasteiger partial charge in [0, 0.05) is 0 Å². The molecule has 0 saturated heterocycles. The van der Waals surface area contributed by atoms with Crippen LogP contribution >= 0.6 is 0 Å². The molecule has 18 heavy (non-hydrogen) atoms. The Morgan fingerprint density at radius 2 is 0.111 bits per heavy atom. The van der Waals surface area contributed by atoms with Gasteiger partial charge >= 0.3 is 156 Å². The summed E-state index contributed by atoms with van der Waals surface area (Å²) in [6.07, 6.45) is 0. The van der Waals surface area contributed by atoms with Gasteiger partial charge in [0.25, 0.3) is 0 Å². The third-order valence-electron chi connectivity index (χ3n) is 0. The van der Waals surface area contributed by atoms with Crippen molar-refractivity contribution in [2.45, 2.75) is 0 Å². The van der Waals surface area contributed by atoms with Crippen LogP contribution < -0.4 is 0 Å². The molecule has 0 spiro atoms. The summed E-state index contributed by atoms with van der Waals surface area (Å²) in [6, 6.07) is 0. The van der Waals surface area contributed by atoms with Crippen molar-refractivity contribution in [2.24, 2.45) is 0 Å². The molecule has 18 heteroatoms. The zero-order valence-corrected chi connectivity index (χ0v) is 19.6. The Kier molecular flexibility index (Phi) is 13300. The minimum absolute atomic E-state index is 0. The van der Waals surface area contributed by atoms with Crippen molar-refractivity contribution >= 4 is 156 Å². The molecule has 0 aliphatic rings. The molecule has 0 heterocycles. The topological polar surface area (TPSA) is 274 Å². The maximum Gasteiger partial charge on any atom is 3.00 e. The third kappa shape index (κ3) is 393. The summed E-state index contributed by atoms with van der Waals surface area (Å²) < 4.78 is 0. The molecule has 0 unspecified atom stereocenters. The number of nitrogens with zero attached hydrogens (tertiary/aromatic N) is 9. The van der Waals surface area contributed by atoms with Gasteiger partial charge in [-0.25, -0.2) is 0 Å². The molecule has 0 N–H and O–H groups in total. The van der Waals surface area contributed by atoms with E-state index in [2.05, 4.69) is 0 Å². The van der Waals surface area contributed by atoms with Crippen molar-refractivity contribution < 1.29 is 0 Å². The molecule has 0 fully saturated rings. The maximum absolute atomic E-state index is 0. The second kappa shape index (κ2) is 455. The minimum atomic E-state index is 0. The Labute approximate surface area is 208 Å². The van der Waals surface area contributed by atoms with E-state index < -0.39 is 0 Å². The van der Waals surface area contributed by atoms with E-state index in [-0.39, 0.29) is 212 Å². The Morgan fingerprint density at radius 1 is 0.111 bits per heavy atom.